The predicted molar refractivity (Wildman–Crippen MR) is 131 cm³/mol. The van der Waals surface area contributed by atoms with Crippen LogP contribution in [0.4, 0.5) is 18.9 Å². The summed E-state index contributed by atoms with van der Waals surface area (Å²) >= 11 is 0. The molecule has 0 unspecified atom stereocenters. The minimum atomic E-state index is -4.87. The maximum absolute atomic E-state index is 13.0. The van der Waals surface area contributed by atoms with E-state index < -0.39 is 24.1 Å². The third kappa shape index (κ3) is 6.65. The van der Waals surface area contributed by atoms with E-state index in [0.717, 1.165) is 12.8 Å². The van der Waals surface area contributed by atoms with E-state index in [0.29, 0.717) is 29.7 Å². The number of amides is 2. The number of aromatic nitrogens is 1. The lowest BCUT2D eigenvalue weighted by atomic mass is 9.92. The summed E-state index contributed by atoms with van der Waals surface area (Å²) in [6.45, 7) is 1.77. The lowest BCUT2D eigenvalue weighted by molar-refractivity contribution is -0.274. The fraction of sp³-hybridized carbons (Fsp3) is 0.296. The lowest BCUT2D eigenvalue weighted by Gasteiger charge is -2.28. The van der Waals surface area contributed by atoms with E-state index in [1.165, 1.54) is 36.7 Å². The first-order valence-corrected chi connectivity index (χ1v) is 11.8. The van der Waals surface area contributed by atoms with Crippen LogP contribution in [0.5, 0.6) is 5.75 Å². The summed E-state index contributed by atoms with van der Waals surface area (Å²) < 4.78 is 42.6. The van der Waals surface area contributed by atoms with Gasteiger partial charge < -0.3 is 20.5 Å². The van der Waals surface area contributed by atoms with Crippen molar-refractivity contribution in [3.05, 3.63) is 77.6 Å². The Morgan fingerprint density at radius 2 is 1.76 bits per heavy atom. The molecule has 0 bridgehead atoms. The van der Waals surface area contributed by atoms with E-state index in [-0.39, 0.29) is 28.6 Å². The third-order valence-electron chi connectivity index (χ3n) is 6.22. The number of nitrogens with zero attached hydrogens (tertiary/aromatic N) is 1. The molecule has 10 heteroatoms. The number of hydrogen-bond acceptors (Lipinski definition) is 5. The van der Waals surface area contributed by atoms with Crippen LogP contribution in [-0.2, 0) is 0 Å². The van der Waals surface area contributed by atoms with Gasteiger partial charge in [0.15, 0.2) is 0 Å². The van der Waals surface area contributed by atoms with Crippen molar-refractivity contribution in [1.82, 2.24) is 10.3 Å². The van der Waals surface area contributed by atoms with Crippen molar-refractivity contribution in [3.8, 4) is 16.9 Å². The van der Waals surface area contributed by atoms with Gasteiger partial charge in [0, 0.05) is 34.8 Å². The van der Waals surface area contributed by atoms with Crippen LogP contribution in [0.1, 0.15) is 52.0 Å². The Morgan fingerprint density at radius 1 is 1.00 bits per heavy atom. The number of carbonyl (C=O) groups is 2. The number of aliphatic hydroxyl groups excluding tert-OH is 1. The number of aryl methyl sites for hydroxylation is 1. The number of alkyl halides is 3. The summed E-state index contributed by atoms with van der Waals surface area (Å²) in [5.41, 5.74) is 1.93. The Labute approximate surface area is 211 Å². The van der Waals surface area contributed by atoms with Gasteiger partial charge in [0.2, 0.25) is 0 Å². The van der Waals surface area contributed by atoms with E-state index in [4.69, 9.17) is 0 Å². The Kier molecular flexibility index (Phi) is 7.77. The molecule has 1 aromatic heterocycles. The normalized spacial score (nSPS) is 17.6. The van der Waals surface area contributed by atoms with Crippen molar-refractivity contribution >= 4 is 17.5 Å². The quantitative estimate of drug-likeness (QED) is 0.419. The third-order valence-corrected chi connectivity index (χ3v) is 6.22. The topological polar surface area (TPSA) is 101 Å². The van der Waals surface area contributed by atoms with Gasteiger partial charge in [-0.25, -0.2) is 0 Å². The second-order valence-corrected chi connectivity index (χ2v) is 8.92. The fourth-order valence-corrected chi connectivity index (χ4v) is 4.25. The number of halogens is 3. The number of rotatable bonds is 6. The Morgan fingerprint density at radius 3 is 2.51 bits per heavy atom. The summed E-state index contributed by atoms with van der Waals surface area (Å²) in [5.74, 6) is -1.31. The Balaban J connectivity index is 1.52. The molecule has 1 aliphatic rings. The van der Waals surface area contributed by atoms with Gasteiger partial charge in [-0.1, -0.05) is 37.1 Å². The standard InChI is InChI=1S/C27H26F3N3O4/c1-16-10-11-17(25(35)32-21-7-3-4-8-23(21)34)13-22(16)33-26(36)19-12-18(14-31-15-19)20-6-2-5-9-24(20)37-27(28,29)30/h2,5-6,9-15,21,23,34H,3-4,7-8H2,1H3,(H,32,35)(H,33,36)/t21-,23-/m0/s1. The largest absolute Gasteiger partial charge is 0.573 e. The molecule has 1 aliphatic carbocycles. The molecule has 0 spiro atoms. The fourth-order valence-electron chi connectivity index (χ4n) is 4.25. The summed E-state index contributed by atoms with van der Waals surface area (Å²) in [7, 11) is 0. The summed E-state index contributed by atoms with van der Waals surface area (Å²) in [6.07, 6.45) is 0.357. The number of anilines is 1. The van der Waals surface area contributed by atoms with Crippen LogP contribution in [0.3, 0.4) is 0 Å². The molecular formula is C27H26F3N3O4. The average molecular weight is 514 g/mol. The van der Waals surface area contributed by atoms with Crippen LogP contribution < -0.4 is 15.4 Å². The number of para-hydroxylation sites is 1. The molecule has 2 aromatic carbocycles. The zero-order valence-corrected chi connectivity index (χ0v) is 20.0. The minimum Gasteiger partial charge on any atom is -0.405 e. The van der Waals surface area contributed by atoms with Crippen LogP contribution in [0.2, 0.25) is 0 Å². The highest BCUT2D eigenvalue weighted by Gasteiger charge is 2.32. The van der Waals surface area contributed by atoms with E-state index in [1.54, 1.807) is 31.2 Å². The molecule has 1 heterocycles. The molecule has 0 saturated heterocycles. The van der Waals surface area contributed by atoms with Gasteiger partial charge in [0.05, 0.1) is 17.7 Å². The van der Waals surface area contributed by atoms with E-state index in [2.05, 4.69) is 20.4 Å². The van der Waals surface area contributed by atoms with Crippen molar-refractivity contribution < 1.29 is 32.6 Å². The molecule has 3 aromatic rings. The summed E-state index contributed by atoms with van der Waals surface area (Å²) in [5, 5.41) is 15.8. The SMILES string of the molecule is Cc1ccc(C(=O)N[C@H]2CCCC[C@@H]2O)cc1NC(=O)c1cncc(-c2ccccc2OC(F)(F)F)c1. The van der Waals surface area contributed by atoms with Gasteiger partial charge in [-0.15, -0.1) is 13.2 Å². The van der Waals surface area contributed by atoms with Crippen LogP contribution in [0.25, 0.3) is 11.1 Å². The van der Waals surface area contributed by atoms with Crippen LogP contribution in [-0.4, -0.2) is 40.4 Å². The maximum Gasteiger partial charge on any atom is 0.573 e. The number of hydrogen-bond donors (Lipinski definition) is 3. The monoisotopic (exact) mass is 513 g/mol. The van der Waals surface area contributed by atoms with E-state index >= 15 is 0 Å². The lowest BCUT2D eigenvalue weighted by Crippen LogP contribution is -2.45. The van der Waals surface area contributed by atoms with Crippen molar-refractivity contribution in [2.75, 3.05) is 5.32 Å². The van der Waals surface area contributed by atoms with Crippen LogP contribution >= 0.6 is 0 Å². The molecule has 0 radical (unpaired) electrons. The molecule has 37 heavy (non-hydrogen) atoms. The van der Waals surface area contributed by atoms with Gasteiger partial charge in [-0.3, -0.25) is 14.6 Å². The average Bonchev–Trinajstić information content (AvgIpc) is 2.86. The molecule has 7 nitrogen and oxygen atoms in total. The zero-order valence-electron chi connectivity index (χ0n) is 20.0. The van der Waals surface area contributed by atoms with Gasteiger partial charge in [-0.2, -0.15) is 0 Å². The number of carbonyl (C=O) groups excluding carboxylic acids is 2. The van der Waals surface area contributed by atoms with Gasteiger partial charge in [0.1, 0.15) is 5.75 Å². The van der Waals surface area contributed by atoms with Crippen molar-refractivity contribution in [3.63, 3.8) is 0 Å². The molecule has 3 N–H and O–H groups in total. The maximum atomic E-state index is 13.0. The number of pyridine rings is 1. The molecule has 1 saturated carbocycles. The van der Waals surface area contributed by atoms with Crippen LogP contribution in [0, 0.1) is 6.92 Å². The van der Waals surface area contributed by atoms with Crippen molar-refractivity contribution in [2.45, 2.75) is 51.1 Å². The molecule has 194 valence electrons. The highest BCUT2D eigenvalue weighted by Crippen LogP contribution is 2.33. The van der Waals surface area contributed by atoms with E-state index in [9.17, 15) is 27.9 Å². The second-order valence-electron chi connectivity index (χ2n) is 8.92. The van der Waals surface area contributed by atoms with Crippen molar-refractivity contribution in [2.24, 2.45) is 0 Å². The Hall–Kier alpha value is -3.92. The molecule has 2 atom stereocenters. The summed E-state index contributed by atoms with van der Waals surface area (Å²) in [4.78, 5) is 29.8. The smallest absolute Gasteiger partial charge is 0.405 e. The van der Waals surface area contributed by atoms with Gasteiger partial charge in [0.25, 0.3) is 11.8 Å². The Bertz CT molecular complexity index is 1300. The molecule has 1 fully saturated rings. The van der Waals surface area contributed by atoms with E-state index in [1.807, 2.05) is 0 Å². The highest BCUT2D eigenvalue weighted by molar-refractivity contribution is 6.06. The van der Waals surface area contributed by atoms with Gasteiger partial charge >= 0.3 is 6.36 Å². The second kappa shape index (κ2) is 11.0. The molecule has 4 rings (SSSR count). The first kappa shape index (κ1) is 26.2. The molecular weight excluding hydrogens is 487 g/mol. The molecule has 0 aliphatic heterocycles. The number of aliphatic hydroxyl groups is 1. The highest BCUT2D eigenvalue weighted by atomic mass is 19.4. The first-order valence-electron chi connectivity index (χ1n) is 11.8. The van der Waals surface area contributed by atoms with Crippen LogP contribution in [0.15, 0.2) is 60.9 Å². The zero-order chi connectivity index (χ0) is 26.6. The van der Waals surface area contributed by atoms with Gasteiger partial charge in [-0.05, 0) is 49.6 Å². The van der Waals surface area contributed by atoms with Crippen molar-refractivity contribution in [1.29, 1.82) is 0 Å². The number of nitrogens with one attached hydrogen (secondary N) is 2. The predicted octanol–water partition coefficient (Wildman–Crippen LogP) is 5.24. The minimum absolute atomic E-state index is 0.110. The summed E-state index contributed by atoms with van der Waals surface area (Å²) in [6, 6.07) is 11.6. The number of benzene rings is 2. The number of ether oxygens (including phenoxy) is 1. The first-order chi connectivity index (χ1) is 17.6. The molecule has 2 amide bonds.